The van der Waals surface area contributed by atoms with E-state index in [0.29, 0.717) is 17.4 Å². The van der Waals surface area contributed by atoms with Crippen LogP contribution in [0, 0.1) is 0 Å². The summed E-state index contributed by atoms with van der Waals surface area (Å²) >= 11 is 0. The molecule has 0 unspecified atom stereocenters. The van der Waals surface area contributed by atoms with E-state index in [-0.39, 0.29) is 11.3 Å². The van der Waals surface area contributed by atoms with Gasteiger partial charge in [0.2, 0.25) is 0 Å². The molecule has 0 bridgehead atoms. The van der Waals surface area contributed by atoms with Crippen LogP contribution in [0.5, 0.6) is 5.75 Å². The minimum Gasteiger partial charge on any atom is -0.507 e. The number of carboxylic acid groups (broad SMARTS) is 1. The van der Waals surface area contributed by atoms with Gasteiger partial charge in [0, 0.05) is 12.7 Å². The first kappa shape index (κ1) is 12.3. The summed E-state index contributed by atoms with van der Waals surface area (Å²) in [5.74, 6) is -1.05. The van der Waals surface area contributed by atoms with Crippen molar-refractivity contribution in [1.82, 2.24) is 4.57 Å². The van der Waals surface area contributed by atoms with E-state index >= 15 is 0 Å². The van der Waals surface area contributed by atoms with E-state index in [4.69, 9.17) is 0 Å². The number of fused-ring (bicyclic) bond motifs is 1. The third-order valence-electron chi connectivity index (χ3n) is 3.31. The number of nitrogens with zero attached hydrogens (tertiary/aromatic N) is 1. The van der Waals surface area contributed by atoms with Gasteiger partial charge in [0.25, 0.3) is 0 Å². The third kappa shape index (κ3) is 2.01. The summed E-state index contributed by atoms with van der Waals surface area (Å²) in [4.78, 5) is 11.3. The molecule has 1 heterocycles. The lowest BCUT2D eigenvalue weighted by molar-refractivity contribution is 0.0698. The van der Waals surface area contributed by atoms with Gasteiger partial charge in [-0.2, -0.15) is 0 Å². The van der Waals surface area contributed by atoms with Crippen molar-refractivity contribution in [2.75, 3.05) is 0 Å². The molecule has 0 amide bonds. The van der Waals surface area contributed by atoms with Gasteiger partial charge in [-0.1, -0.05) is 36.4 Å². The molecule has 0 saturated heterocycles. The molecule has 3 rings (SSSR count). The van der Waals surface area contributed by atoms with Crippen molar-refractivity contribution in [2.45, 2.75) is 6.54 Å². The molecule has 0 atom stereocenters. The molecule has 0 saturated carbocycles. The summed E-state index contributed by atoms with van der Waals surface area (Å²) in [6.07, 6.45) is 1.57. The average Bonchev–Trinajstić information content (AvgIpc) is 2.81. The minimum atomic E-state index is -1.04. The molecule has 0 radical (unpaired) electrons. The topological polar surface area (TPSA) is 62.5 Å². The van der Waals surface area contributed by atoms with Crippen LogP contribution in [0.1, 0.15) is 15.9 Å². The van der Waals surface area contributed by atoms with E-state index in [0.717, 1.165) is 5.56 Å². The summed E-state index contributed by atoms with van der Waals surface area (Å²) in [5, 5.41) is 19.6. The van der Waals surface area contributed by atoms with Crippen LogP contribution in [0.2, 0.25) is 0 Å². The second-order valence-electron chi connectivity index (χ2n) is 4.63. The SMILES string of the molecule is O=C(O)c1cn(Cc2ccccc2)c2cccc(O)c12. The monoisotopic (exact) mass is 267 g/mol. The van der Waals surface area contributed by atoms with Crippen LogP contribution < -0.4 is 0 Å². The standard InChI is InChI=1S/C16H13NO3/c18-14-8-4-7-13-15(14)12(16(19)20)10-17(13)9-11-5-2-1-3-6-11/h1-8,10,18H,9H2,(H,19,20). The quantitative estimate of drug-likeness (QED) is 0.766. The number of aromatic nitrogens is 1. The maximum absolute atomic E-state index is 11.3. The summed E-state index contributed by atoms with van der Waals surface area (Å²) < 4.78 is 1.84. The Labute approximate surface area is 115 Å². The summed E-state index contributed by atoms with van der Waals surface area (Å²) in [6.45, 7) is 0.564. The highest BCUT2D eigenvalue weighted by Gasteiger charge is 2.17. The normalized spacial score (nSPS) is 10.8. The molecule has 1 aromatic heterocycles. The third-order valence-corrected chi connectivity index (χ3v) is 3.31. The van der Waals surface area contributed by atoms with Crippen LogP contribution in [0.4, 0.5) is 0 Å². The summed E-state index contributed by atoms with van der Waals surface area (Å²) in [7, 11) is 0. The van der Waals surface area contributed by atoms with Crippen LogP contribution in [-0.4, -0.2) is 20.7 Å². The maximum atomic E-state index is 11.3. The van der Waals surface area contributed by atoms with E-state index < -0.39 is 5.97 Å². The Bertz CT molecular complexity index is 775. The van der Waals surface area contributed by atoms with Gasteiger partial charge in [-0.3, -0.25) is 0 Å². The number of aromatic carboxylic acids is 1. The Hall–Kier alpha value is -2.75. The fraction of sp³-hybridized carbons (Fsp3) is 0.0625. The first-order valence-electron chi connectivity index (χ1n) is 6.25. The highest BCUT2D eigenvalue weighted by atomic mass is 16.4. The van der Waals surface area contributed by atoms with Gasteiger partial charge in [0.05, 0.1) is 16.5 Å². The van der Waals surface area contributed by atoms with Gasteiger partial charge in [0.1, 0.15) is 5.75 Å². The van der Waals surface area contributed by atoms with Gasteiger partial charge >= 0.3 is 5.97 Å². The highest BCUT2D eigenvalue weighted by molar-refractivity contribution is 6.06. The molecule has 100 valence electrons. The predicted octanol–water partition coefficient (Wildman–Crippen LogP) is 3.09. The Morgan fingerprint density at radius 1 is 1.05 bits per heavy atom. The smallest absolute Gasteiger partial charge is 0.338 e. The summed E-state index contributed by atoms with van der Waals surface area (Å²) in [6, 6.07) is 14.8. The molecule has 0 fully saturated rings. The number of carboxylic acids is 1. The van der Waals surface area contributed by atoms with Crippen LogP contribution in [0.25, 0.3) is 10.9 Å². The number of benzene rings is 2. The zero-order valence-corrected chi connectivity index (χ0v) is 10.7. The molecule has 0 aliphatic heterocycles. The zero-order chi connectivity index (χ0) is 14.1. The van der Waals surface area contributed by atoms with E-state index in [9.17, 15) is 15.0 Å². The average molecular weight is 267 g/mol. The molecule has 0 aliphatic rings. The molecule has 2 N–H and O–H groups in total. The van der Waals surface area contributed by atoms with E-state index in [1.54, 1.807) is 12.3 Å². The summed E-state index contributed by atoms with van der Waals surface area (Å²) in [5.41, 5.74) is 1.91. The van der Waals surface area contributed by atoms with Gasteiger partial charge in [-0.25, -0.2) is 4.79 Å². The molecule has 20 heavy (non-hydrogen) atoms. The van der Waals surface area contributed by atoms with Crippen molar-refractivity contribution in [3.63, 3.8) is 0 Å². The largest absolute Gasteiger partial charge is 0.507 e. The van der Waals surface area contributed by atoms with Gasteiger partial charge in [0.15, 0.2) is 0 Å². The van der Waals surface area contributed by atoms with Crippen molar-refractivity contribution in [1.29, 1.82) is 0 Å². The van der Waals surface area contributed by atoms with Crippen LogP contribution >= 0.6 is 0 Å². The fourth-order valence-electron chi connectivity index (χ4n) is 2.41. The van der Waals surface area contributed by atoms with Crippen molar-refractivity contribution >= 4 is 16.9 Å². The maximum Gasteiger partial charge on any atom is 0.338 e. The zero-order valence-electron chi connectivity index (χ0n) is 10.7. The van der Waals surface area contributed by atoms with E-state index in [1.807, 2.05) is 41.0 Å². The second kappa shape index (κ2) is 4.74. The molecular weight excluding hydrogens is 254 g/mol. The highest BCUT2D eigenvalue weighted by Crippen LogP contribution is 2.30. The second-order valence-corrected chi connectivity index (χ2v) is 4.63. The van der Waals surface area contributed by atoms with E-state index in [1.165, 1.54) is 6.07 Å². The van der Waals surface area contributed by atoms with Crippen molar-refractivity contribution < 1.29 is 15.0 Å². The van der Waals surface area contributed by atoms with Gasteiger partial charge in [-0.05, 0) is 17.7 Å². The number of hydrogen-bond acceptors (Lipinski definition) is 2. The van der Waals surface area contributed by atoms with Crippen molar-refractivity contribution in [2.24, 2.45) is 0 Å². The Morgan fingerprint density at radius 3 is 2.50 bits per heavy atom. The van der Waals surface area contributed by atoms with Crippen molar-refractivity contribution in [3.8, 4) is 5.75 Å². The number of phenols is 1. The first-order chi connectivity index (χ1) is 9.66. The number of aromatic hydroxyl groups is 1. The minimum absolute atomic E-state index is 0.00767. The van der Waals surface area contributed by atoms with Crippen LogP contribution in [0.15, 0.2) is 54.7 Å². The molecule has 2 aromatic carbocycles. The molecule has 4 nitrogen and oxygen atoms in total. The number of hydrogen-bond donors (Lipinski definition) is 2. The fourth-order valence-corrected chi connectivity index (χ4v) is 2.41. The lowest BCUT2D eigenvalue weighted by atomic mass is 10.1. The number of phenolic OH excluding ortho intramolecular Hbond substituents is 1. The predicted molar refractivity (Wildman–Crippen MR) is 76.1 cm³/mol. The number of carbonyl (C=O) groups is 1. The molecular formula is C16H13NO3. The van der Waals surface area contributed by atoms with Crippen LogP contribution in [-0.2, 0) is 6.54 Å². The van der Waals surface area contributed by atoms with Gasteiger partial charge in [-0.15, -0.1) is 0 Å². The van der Waals surface area contributed by atoms with Crippen molar-refractivity contribution in [3.05, 3.63) is 65.9 Å². The van der Waals surface area contributed by atoms with E-state index in [2.05, 4.69) is 0 Å². The molecule has 0 aliphatic carbocycles. The molecule has 4 heteroatoms. The lowest BCUT2D eigenvalue weighted by Crippen LogP contribution is -1.98. The first-order valence-corrected chi connectivity index (χ1v) is 6.25. The molecule has 0 spiro atoms. The molecule has 3 aromatic rings. The van der Waals surface area contributed by atoms with Gasteiger partial charge < -0.3 is 14.8 Å². The number of rotatable bonds is 3. The Kier molecular flexibility index (Phi) is 2.91. The lowest BCUT2D eigenvalue weighted by Gasteiger charge is -2.05. The van der Waals surface area contributed by atoms with Crippen LogP contribution in [0.3, 0.4) is 0 Å². The Morgan fingerprint density at radius 2 is 1.80 bits per heavy atom. The Balaban J connectivity index is 2.17.